The number of hydrogen-bond donors (Lipinski definition) is 0. The zero-order valence-corrected chi connectivity index (χ0v) is 18.2. The van der Waals surface area contributed by atoms with Gasteiger partial charge in [0, 0.05) is 15.6 Å². The van der Waals surface area contributed by atoms with Gasteiger partial charge in [-0.15, -0.1) is 45.3 Å². The number of aryl methyl sites for hydroxylation is 1. The lowest BCUT2D eigenvalue weighted by Crippen LogP contribution is -2.12. The Morgan fingerprint density at radius 2 is 1.38 bits per heavy atom. The van der Waals surface area contributed by atoms with Crippen molar-refractivity contribution in [1.29, 1.82) is 0 Å². The lowest BCUT2D eigenvalue weighted by Gasteiger charge is -2.10. The molecule has 0 aliphatic rings. The van der Waals surface area contributed by atoms with E-state index in [9.17, 15) is 9.59 Å². The molecule has 1 aromatic carbocycles. The Morgan fingerprint density at radius 3 is 1.97 bits per heavy atom. The third kappa shape index (κ3) is 3.28. The number of carbonyl (C=O) groups is 2. The van der Waals surface area contributed by atoms with Crippen molar-refractivity contribution < 1.29 is 19.1 Å². The van der Waals surface area contributed by atoms with Crippen LogP contribution >= 0.6 is 45.3 Å². The van der Waals surface area contributed by atoms with Crippen LogP contribution in [0.1, 0.15) is 25.6 Å². The van der Waals surface area contributed by atoms with Crippen molar-refractivity contribution in [2.45, 2.75) is 6.92 Å². The molecule has 144 valence electrons. The Labute approximate surface area is 181 Å². The molecule has 0 atom stereocenters. The van der Waals surface area contributed by atoms with Crippen LogP contribution in [0.2, 0.25) is 0 Å². The Balaban J connectivity index is 1.70. The summed E-state index contributed by atoms with van der Waals surface area (Å²) in [4.78, 5) is 27.1. The maximum Gasteiger partial charge on any atom is 0.346 e. The summed E-state index contributed by atoms with van der Waals surface area (Å²) in [6.07, 6.45) is 0. The van der Waals surface area contributed by atoms with E-state index in [-0.39, 0.29) is 0 Å². The van der Waals surface area contributed by atoms with Gasteiger partial charge in [0.1, 0.15) is 0 Å². The average molecular weight is 457 g/mol. The van der Waals surface area contributed by atoms with Crippen LogP contribution in [0.25, 0.3) is 20.2 Å². The number of thiophene rings is 4. The third-order valence-electron chi connectivity index (χ3n) is 4.30. The van der Waals surface area contributed by atoms with Gasteiger partial charge in [-0.05, 0) is 59.5 Å². The van der Waals surface area contributed by atoms with Gasteiger partial charge < -0.3 is 9.47 Å². The molecule has 0 bridgehead atoms. The molecule has 0 N–H and O–H groups in total. The summed E-state index contributed by atoms with van der Waals surface area (Å²) in [6, 6.07) is 11.0. The number of fused-ring (bicyclic) bond motifs is 2. The molecule has 0 saturated carbocycles. The second kappa shape index (κ2) is 7.38. The Bertz CT molecular complexity index is 1240. The van der Waals surface area contributed by atoms with E-state index in [1.807, 2.05) is 47.3 Å². The third-order valence-corrected chi connectivity index (χ3v) is 7.79. The second-order valence-electron chi connectivity index (χ2n) is 6.16. The number of hydrogen-bond acceptors (Lipinski definition) is 8. The van der Waals surface area contributed by atoms with Gasteiger partial charge in [-0.1, -0.05) is 0 Å². The summed E-state index contributed by atoms with van der Waals surface area (Å²) in [6.45, 7) is 1.96. The molecule has 0 spiro atoms. The van der Waals surface area contributed by atoms with Crippen molar-refractivity contribution in [2.75, 3.05) is 0 Å². The zero-order valence-electron chi connectivity index (χ0n) is 15.0. The minimum atomic E-state index is -0.416. The van der Waals surface area contributed by atoms with Gasteiger partial charge in [0.05, 0.1) is 20.5 Å². The van der Waals surface area contributed by atoms with E-state index in [1.54, 1.807) is 12.1 Å². The maximum absolute atomic E-state index is 13.1. The quantitative estimate of drug-likeness (QED) is 0.274. The molecule has 4 aromatic heterocycles. The number of carbonyl (C=O) groups excluding carboxylic acids is 2. The summed E-state index contributed by atoms with van der Waals surface area (Å²) >= 11 is 5.63. The fourth-order valence-electron chi connectivity index (χ4n) is 3.16. The highest BCUT2D eigenvalue weighted by molar-refractivity contribution is 7.21. The van der Waals surface area contributed by atoms with E-state index in [0.717, 1.165) is 19.7 Å². The number of ether oxygens (including phenoxy) is 2. The standard InChI is InChI=1S/C21H12O4S4/c1-11-10-13-17(21(23)25-15-5-3-8-27-15)18-12(6-9-28-18)16(19(13)29-11)20(22)24-14-4-2-7-26-14/h2-10H,1H3. The van der Waals surface area contributed by atoms with Crippen molar-refractivity contribution in [3.05, 3.63) is 68.5 Å². The van der Waals surface area contributed by atoms with Gasteiger partial charge >= 0.3 is 11.9 Å². The largest absolute Gasteiger partial charge is 0.412 e. The smallest absolute Gasteiger partial charge is 0.346 e. The fraction of sp³-hybridized carbons (Fsp3) is 0.0476. The van der Waals surface area contributed by atoms with Gasteiger partial charge in [0.15, 0.2) is 10.1 Å². The highest BCUT2D eigenvalue weighted by Crippen LogP contribution is 2.41. The van der Waals surface area contributed by atoms with E-state index in [4.69, 9.17) is 9.47 Å². The highest BCUT2D eigenvalue weighted by Gasteiger charge is 2.27. The number of benzene rings is 1. The van der Waals surface area contributed by atoms with Crippen LogP contribution in [-0.4, -0.2) is 11.9 Å². The first-order chi connectivity index (χ1) is 14.1. The van der Waals surface area contributed by atoms with Crippen LogP contribution in [0.4, 0.5) is 0 Å². The molecular weight excluding hydrogens is 444 g/mol. The van der Waals surface area contributed by atoms with E-state index in [2.05, 4.69) is 0 Å². The normalized spacial score (nSPS) is 11.2. The van der Waals surface area contributed by atoms with E-state index in [1.165, 1.54) is 45.3 Å². The molecule has 0 saturated heterocycles. The Kier molecular flexibility index (Phi) is 4.71. The summed E-state index contributed by atoms with van der Waals surface area (Å²) in [5, 5.41) is 8.12. The van der Waals surface area contributed by atoms with Gasteiger partial charge in [-0.3, -0.25) is 0 Å². The van der Waals surface area contributed by atoms with E-state index >= 15 is 0 Å². The topological polar surface area (TPSA) is 52.6 Å². The zero-order chi connectivity index (χ0) is 20.0. The summed E-state index contributed by atoms with van der Waals surface area (Å²) in [5.41, 5.74) is 0.992. The van der Waals surface area contributed by atoms with Crippen LogP contribution in [0.15, 0.2) is 52.5 Å². The first kappa shape index (κ1) is 18.5. The summed E-state index contributed by atoms with van der Waals surface area (Å²) in [5.74, 6) is -0.832. The molecule has 0 fully saturated rings. The molecular formula is C21H12O4S4. The predicted octanol–water partition coefficient (Wildman–Crippen LogP) is 6.99. The van der Waals surface area contributed by atoms with Gasteiger partial charge in [0.25, 0.3) is 0 Å². The van der Waals surface area contributed by atoms with Crippen molar-refractivity contribution in [2.24, 2.45) is 0 Å². The van der Waals surface area contributed by atoms with Crippen LogP contribution in [0.5, 0.6) is 10.1 Å². The van der Waals surface area contributed by atoms with Crippen LogP contribution in [-0.2, 0) is 0 Å². The molecule has 8 heteroatoms. The molecule has 5 aromatic rings. The number of esters is 2. The first-order valence-corrected chi connectivity index (χ1v) is 12.0. The predicted molar refractivity (Wildman–Crippen MR) is 121 cm³/mol. The van der Waals surface area contributed by atoms with Crippen molar-refractivity contribution >= 4 is 77.5 Å². The molecule has 0 aliphatic carbocycles. The van der Waals surface area contributed by atoms with Crippen LogP contribution in [0, 0.1) is 6.92 Å². The first-order valence-electron chi connectivity index (χ1n) is 8.56. The Morgan fingerprint density at radius 1 is 0.759 bits per heavy atom. The lowest BCUT2D eigenvalue weighted by molar-refractivity contribution is 0.0732. The maximum atomic E-state index is 13.1. The highest BCUT2D eigenvalue weighted by atomic mass is 32.1. The average Bonchev–Trinajstić information content (AvgIpc) is 3.46. The summed E-state index contributed by atoms with van der Waals surface area (Å²) in [7, 11) is 0. The number of rotatable bonds is 4. The minimum Gasteiger partial charge on any atom is -0.412 e. The van der Waals surface area contributed by atoms with Gasteiger partial charge in [-0.2, -0.15) is 0 Å². The monoisotopic (exact) mass is 456 g/mol. The molecule has 4 nitrogen and oxygen atoms in total. The molecule has 0 unspecified atom stereocenters. The minimum absolute atomic E-state index is 0.416. The van der Waals surface area contributed by atoms with Crippen LogP contribution < -0.4 is 9.47 Å². The Hall–Kier alpha value is -2.52. The van der Waals surface area contributed by atoms with Gasteiger partial charge in [0.2, 0.25) is 0 Å². The molecule has 4 heterocycles. The van der Waals surface area contributed by atoms with Gasteiger partial charge in [-0.25, -0.2) is 9.59 Å². The lowest BCUT2D eigenvalue weighted by atomic mass is 10.0. The van der Waals surface area contributed by atoms with E-state index in [0.29, 0.717) is 26.6 Å². The molecule has 0 radical (unpaired) electrons. The molecule has 0 aliphatic heterocycles. The molecule has 29 heavy (non-hydrogen) atoms. The molecule has 0 amide bonds. The van der Waals surface area contributed by atoms with Crippen molar-refractivity contribution in [3.63, 3.8) is 0 Å². The van der Waals surface area contributed by atoms with Crippen LogP contribution in [0.3, 0.4) is 0 Å². The fourth-order valence-corrected chi connectivity index (χ4v) is 6.32. The SMILES string of the molecule is Cc1cc2c(C(=O)Oc3cccs3)c3sccc3c(C(=O)Oc3cccs3)c2s1. The van der Waals surface area contributed by atoms with E-state index < -0.39 is 11.9 Å². The molecule has 5 rings (SSSR count). The van der Waals surface area contributed by atoms with Crippen molar-refractivity contribution in [1.82, 2.24) is 0 Å². The summed E-state index contributed by atoms with van der Waals surface area (Å²) < 4.78 is 12.7. The second-order valence-corrected chi connectivity index (χ2v) is 10.1. The van der Waals surface area contributed by atoms with Crippen molar-refractivity contribution in [3.8, 4) is 10.1 Å².